The van der Waals surface area contributed by atoms with Crippen molar-refractivity contribution < 1.29 is 54.0 Å². The predicted molar refractivity (Wildman–Crippen MR) is 170 cm³/mol. The lowest BCUT2D eigenvalue weighted by atomic mass is 9.95. The van der Waals surface area contributed by atoms with E-state index in [1.54, 1.807) is 10.9 Å². The van der Waals surface area contributed by atoms with E-state index in [1.807, 2.05) is 31.2 Å². The van der Waals surface area contributed by atoms with Gasteiger partial charge in [0.2, 0.25) is 5.91 Å². The summed E-state index contributed by atoms with van der Waals surface area (Å²) in [5.41, 5.74) is 12.7. The molecule has 0 spiro atoms. The van der Waals surface area contributed by atoms with Crippen LogP contribution in [0.4, 0.5) is 0 Å². The molecule has 0 aliphatic carbocycles. The molecule has 2 aromatic rings. The number of aromatic nitrogens is 3. The minimum absolute atomic E-state index is 0.0357. The summed E-state index contributed by atoms with van der Waals surface area (Å²) in [5, 5.41) is 64.1. The number of amides is 1. The summed E-state index contributed by atoms with van der Waals surface area (Å²) in [4.78, 5) is 15.7. The Morgan fingerprint density at radius 1 is 1.06 bits per heavy atom. The van der Waals surface area contributed by atoms with Crippen LogP contribution in [-0.2, 0) is 41.6 Å². The second-order valence-corrected chi connectivity index (χ2v) is 11.5. The Kier molecular flexibility index (Phi) is 14.2. The van der Waals surface area contributed by atoms with Crippen molar-refractivity contribution in [1.82, 2.24) is 20.3 Å². The highest BCUT2D eigenvalue weighted by Gasteiger charge is 2.52. The molecule has 2 saturated heterocycles. The van der Waals surface area contributed by atoms with Gasteiger partial charge in [0.05, 0.1) is 32.6 Å². The van der Waals surface area contributed by atoms with E-state index in [2.05, 4.69) is 32.5 Å². The molecule has 10 atom stereocenters. The number of carbonyl (C=O) groups is 1. The van der Waals surface area contributed by atoms with E-state index in [0.29, 0.717) is 18.7 Å². The van der Waals surface area contributed by atoms with Gasteiger partial charge in [-0.15, -0.1) is 5.10 Å². The van der Waals surface area contributed by atoms with Gasteiger partial charge in [-0.2, -0.15) is 0 Å². The summed E-state index contributed by atoms with van der Waals surface area (Å²) in [5.74, 6) is 5.35. The number of aliphatic hydroxyl groups excluding tert-OH is 5. The Bertz CT molecular complexity index is 1450. The maximum Gasteiger partial charge on any atom is 0.217 e. The summed E-state index contributed by atoms with van der Waals surface area (Å²) in [6.07, 6.45) is -10.0. The highest BCUT2D eigenvalue weighted by atomic mass is 16.7. The van der Waals surface area contributed by atoms with E-state index < -0.39 is 80.5 Å². The highest BCUT2D eigenvalue weighted by molar-refractivity contribution is 5.75. The molecule has 0 bridgehead atoms. The third kappa shape index (κ3) is 10.4. The van der Waals surface area contributed by atoms with Crippen LogP contribution in [0, 0.1) is 11.8 Å². The van der Waals surface area contributed by atoms with Crippen molar-refractivity contribution in [3.05, 3.63) is 47.3 Å². The lowest BCUT2D eigenvalue weighted by Crippen LogP contribution is -2.67. The quantitative estimate of drug-likeness (QED) is 0.0547. The molecule has 4 rings (SSSR count). The third-order valence-corrected chi connectivity index (χ3v) is 7.68. The van der Waals surface area contributed by atoms with Gasteiger partial charge in [0.1, 0.15) is 61.0 Å². The van der Waals surface area contributed by atoms with Crippen molar-refractivity contribution in [2.24, 2.45) is 16.5 Å². The number of hydrogen-bond donors (Lipinski definition) is 8. The first kappa shape index (κ1) is 38.1. The fraction of sp³-hybridized carbons (Fsp3) is 0.613. The van der Waals surface area contributed by atoms with Crippen LogP contribution in [0.2, 0.25) is 0 Å². The molecule has 0 saturated carbocycles. The number of nitrogens with two attached hydrogens (primary N) is 2. The normalized spacial score (nSPS) is 29.9. The number of nitrogens with zero attached hydrogens (tertiary/aromatic N) is 4. The zero-order valence-corrected chi connectivity index (χ0v) is 27.2. The van der Waals surface area contributed by atoms with Crippen molar-refractivity contribution in [2.75, 3.05) is 26.4 Å². The van der Waals surface area contributed by atoms with Crippen LogP contribution in [0.25, 0.3) is 0 Å². The second-order valence-electron chi connectivity index (χ2n) is 11.5. The van der Waals surface area contributed by atoms with E-state index in [1.165, 1.54) is 6.92 Å². The van der Waals surface area contributed by atoms with Gasteiger partial charge in [0.15, 0.2) is 18.5 Å². The largest absolute Gasteiger partial charge is 0.394 e. The van der Waals surface area contributed by atoms with Crippen molar-refractivity contribution in [3.63, 3.8) is 0 Å². The van der Waals surface area contributed by atoms with Crippen molar-refractivity contribution in [3.8, 4) is 11.8 Å². The van der Waals surface area contributed by atoms with E-state index in [0.717, 1.165) is 11.1 Å². The molecule has 3 heterocycles. The fourth-order valence-electron chi connectivity index (χ4n) is 5.39. The summed E-state index contributed by atoms with van der Waals surface area (Å²) in [7, 11) is 0. The van der Waals surface area contributed by atoms with Gasteiger partial charge < -0.3 is 66.0 Å². The Morgan fingerprint density at radius 3 is 2.51 bits per heavy atom. The second kappa shape index (κ2) is 18.3. The van der Waals surface area contributed by atoms with Gasteiger partial charge in [-0.05, 0) is 24.1 Å². The first-order chi connectivity index (χ1) is 23.5. The van der Waals surface area contributed by atoms with Crippen LogP contribution in [0.15, 0.2) is 35.5 Å². The molecule has 2 aliphatic rings. The van der Waals surface area contributed by atoms with Crippen LogP contribution < -0.4 is 16.8 Å². The molecule has 0 unspecified atom stereocenters. The number of carbonyl (C=O) groups excluding carboxylic acids is 1. The van der Waals surface area contributed by atoms with Crippen molar-refractivity contribution >= 4 is 11.9 Å². The summed E-state index contributed by atoms with van der Waals surface area (Å²) < 4.78 is 30.5. The summed E-state index contributed by atoms with van der Waals surface area (Å²) >= 11 is 0. The number of ether oxygens (including phenoxy) is 5. The maximum atomic E-state index is 11.9. The Labute approximate surface area is 282 Å². The van der Waals surface area contributed by atoms with Gasteiger partial charge in [-0.1, -0.05) is 36.1 Å². The van der Waals surface area contributed by atoms with Crippen LogP contribution >= 0.6 is 0 Å². The SMILES string of the molecule is CCCO[C@@H]1O[C@H](CO)[C@@H](O[C@@H]2O[C@H](CO)[C@H](O)[C@H](OCc3cn(Cc4cccc(C#CCN=C(N)N)c4)nn3)[C@H]2O)[C@H](O)[C@H]1NC(C)=O. The average Bonchev–Trinajstić information content (AvgIpc) is 3.52. The molecule has 18 heteroatoms. The number of guanidine groups is 1. The molecule has 1 aromatic heterocycles. The molecule has 2 fully saturated rings. The first-order valence-corrected chi connectivity index (χ1v) is 15.8. The molecule has 0 radical (unpaired) electrons. The van der Waals surface area contributed by atoms with Gasteiger partial charge >= 0.3 is 0 Å². The summed E-state index contributed by atoms with van der Waals surface area (Å²) in [6, 6.07) is 6.40. The van der Waals surface area contributed by atoms with E-state index in [9.17, 15) is 30.3 Å². The van der Waals surface area contributed by atoms with Crippen LogP contribution in [0.3, 0.4) is 0 Å². The zero-order chi connectivity index (χ0) is 35.5. The number of hydrogen-bond acceptors (Lipinski definition) is 14. The lowest BCUT2D eigenvalue weighted by Gasteiger charge is -2.47. The molecule has 2 aliphatic heterocycles. The predicted octanol–water partition coefficient (Wildman–Crippen LogP) is -3.33. The van der Waals surface area contributed by atoms with E-state index >= 15 is 0 Å². The Balaban J connectivity index is 1.41. The van der Waals surface area contributed by atoms with Gasteiger partial charge in [-0.3, -0.25) is 4.79 Å². The number of aliphatic imine (C=N–C) groups is 1. The fourth-order valence-corrected chi connectivity index (χ4v) is 5.39. The zero-order valence-electron chi connectivity index (χ0n) is 27.2. The number of rotatable bonds is 14. The van der Waals surface area contributed by atoms with Gasteiger partial charge in [0.25, 0.3) is 0 Å². The molecule has 1 aromatic carbocycles. The lowest BCUT2D eigenvalue weighted by molar-refractivity contribution is -0.352. The first-order valence-electron chi connectivity index (χ1n) is 15.8. The van der Waals surface area contributed by atoms with E-state index in [4.69, 9.17) is 35.2 Å². The molecular formula is C31H45N7O11. The molecule has 49 heavy (non-hydrogen) atoms. The molecule has 270 valence electrons. The van der Waals surface area contributed by atoms with Gasteiger partial charge in [0, 0.05) is 19.1 Å². The minimum atomic E-state index is -1.64. The molecule has 1 amide bonds. The molecule has 18 nitrogen and oxygen atoms in total. The average molecular weight is 692 g/mol. The number of benzene rings is 1. The smallest absolute Gasteiger partial charge is 0.217 e. The van der Waals surface area contributed by atoms with Crippen LogP contribution in [0.5, 0.6) is 0 Å². The van der Waals surface area contributed by atoms with Crippen molar-refractivity contribution in [1.29, 1.82) is 0 Å². The standard InChI is InChI=1S/C31H45N7O11/c1-3-10-45-29-23(35-17(2)41)25(43)27(22(15-40)48-29)49-30-26(44)28(24(42)21(14-39)47-30)46-16-20-13-38(37-36-20)12-19-7-4-6-18(11-19)8-5-9-34-31(32)33/h4,6-7,11,13,21-30,39-40,42-44H,3,9-10,12,14-16H2,1-2H3,(H,35,41)(H4,32,33,34)/t21-,22-,23-,24+,25-,26-,27-,28+,29-,30+/m1/s1. The van der Waals surface area contributed by atoms with Crippen molar-refractivity contribution in [2.45, 2.75) is 94.8 Å². The molecular weight excluding hydrogens is 646 g/mol. The maximum absolute atomic E-state index is 11.9. The Hall–Kier alpha value is -3.74. The number of aliphatic hydroxyl groups is 5. The minimum Gasteiger partial charge on any atom is -0.394 e. The van der Waals surface area contributed by atoms with Crippen LogP contribution in [-0.4, -0.2) is 140 Å². The monoisotopic (exact) mass is 691 g/mol. The topological polar surface area (TPSA) is 272 Å². The summed E-state index contributed by atoms with van der Waals surface area (Å²) in [6.45, 7) is 2.48. The number of nitrogens with one attached hydrogen (secondary N) is 1. The third-order valence-electron chi connectivity index (χ3n) is 7.68. The van der Waals surface area contributed by atoms with Gasteiger partial charge in [-0.25, -0.2) is 9.67 Å². The Morgan fingerprint density at radius 2 is 1.82 bits per heavy atom. The van der Waals surface area contributed by atoms with Crippen LogP contribution in [0.1, 0.15) is 37.1 Å². The van der Waals surface area contributed by atoms with E-state index in [-0.39, 0.29) is 25.7 Å². The molecule has 10 N–H and O–H groups in total. The highest BCUT2D eigenvalue weighted by Crippen LogP contribution is 2.31.